The van der Waals surface area contributed by atoms with Gasteiger partial charge >= 0.3 is 7.91 Å². The molecule has 0 radical (unpaired) electrons. The second-order valence-electron chi connectivity index (χ2n) is 2.16. The SMILES string of the molecule is O=P(F)(F)NN1CCOCC1. The van der Waals surface area contributed by atoms with Crippen molar-refractivity contribution in [3.8, 4) is 0 Å². The van der Waals surface area contributed by atoms with Gasteiger partial charge in [0.05, 0.1) is 13.2 Å². The van der Waals surface area contributed by atoms with E-state index < -0.39 is 7.91 Å². The van der Waals surface area contributed by atoms with Crippen molar-refractivity contribution in [1.82, 2.24) is 10.2 Å². The molecule has 0 atom stereocenters. The van der Waals surface area contributed by atoms with Crippen LogP contribution < -0.4 is 5.20 Å². The monoisotopic (exact) mass is 186 g/mol. The van der Waals surface area contributed by atoms with Gasteiger partial charge in [0.15, 0.2) is 0 Å². The number of nitrogens with zero attached hydrogens (tertiary/aromatic N) is 1. The Morgan fingerprint density at radius 1 is 1.36 bits per heavy atom. The van der Waals surface area contributed by atoms with Gasteiger partial charge in [0.2, 0.25) is 0 Å². The second-order valence-corrected chi connectivity index (χ2v) is 3.29. The van der Waals surface area contributed by atoms with Gasteiger partial charge in [-0.3, -0.25) is 0 Å². The third-order valence-corrected chi connectivity index (χ3v) is 1.78. The van der Waals surface area contributed by atoms with Crippen LogP contribution in [-0.4, -0.2) is 31.3 Å². The Labute approximate surface area is 63.1 Å². The Kier molecular flexibility index (Phi) is 2.95. The number of hydrogen-bond acceptors (Lipinski definition) is 3. The van der Waals surface area contributed by atoms with Gasteiger partial charge in [-0.25, -0.2) is 9.57 Å². The first-order chi connectivity index (χ1) is 5.08. The number of rotatable bonds is 2. The lowest BCUT2D eigenvalue weighted by Crippen LogP contribution is -2.43. The molecule has 1 saturated heterocycles. The van der Waals surface area contributed by atoms with Crippen LogP contribution in [0.25, 0.3) is 0 Å². The molecule has 1 rings (SSSR count). The van der Waals surface area contributed by atoms with Crippen molar-refractivity contribution >= 4 is 7.91 Å². The fourth-order valence-electron chi connectivity index (χ4n) is 0.828. The predicted molar refractivity (Wildman–Crippen MR) is 35.4 cm³/mol. The summed E-state index contributed by atoms with van der Waals surface area (Å²) in [6.07, 6.45) is 0. The minimum Gasteiger partial charge on any atom is -0.379 e. The van der Waals surface area contributed by atoms with Gasteiger partial charge in [0.25, 0.3) is 0 Å². The molecular formula is C4H9F2N2O2P. The largest absolute Gasteiger partial charge is 0.493 e. The van der Waals surface area contributed by atoms with Crippen LogP contribution in [-0.2, 0) is 9.30 Å². The molecule has 0 aliphatic carbocycles. The fourth-order valence-corrected chi connectivity index (χ4v) is 1.36. The summed E-state index contributed by atoms with van der Waals surface area (Å²) < 4.78 is 38.6. The summed E-state index contributed by atoms with van der Waals surface area (Å²) in [5.41, 5.74) is 0. The molecule has 1 heterocycles. The van der Waals surface area contributed by atoms with Crippen LogP contribution in [0.3, 0.4) is 0 Å². The summed E-state index contributed by atoms with van der Waals surface area (Å²) in [6, 6.07) is 0. The molecular weight excluding hydrogens is 177 g/mol. The Morgan fingerprint density at radius 3 is 2.36 bits per heavy atom. The van der Waals surface area contributed by atoms with Crippen molar-refractivity contribution in [2.24, 2.45) is 0 Å². The van der Waals surface area contributed by atoms with Crippen molar-refractivity contribution in [3.63, 3.8) is 0 Å². The highest BCUT2D eigenvalue weighted by Crippen LogP contribution is 2.44. The molecule has 0 aromatic carbocycles. The van der Waals surface area contributed by atoms with Gasteiger partial charge in [0, 0.05) is 13.1 Å². The zero-order valence-electron chi connectivity index (χ0n) is 5.80. The summed E-state index contributed by atoms with van der Waals surface area (Å²) in [7, 11) is -5.11. The highest BCUT2D eigenvalue weighted by atomic mass is 31.2. The maximum atomic E-state index is 11.9. The quantitative estimate of drug-likeness (QED) is 0.649. The van der Waals surface area contributed by atoms with Crippen LogP contribution in [0.5, 0.6) is 0 Å². The number of morpholine rings is 1. The summed E-state index contributed by atoms with van der Waals surface area (Å²) in [4.78, 5) is 0. The topological polar surface area (TPSA) is 41.6 Å². The van der Waals surface area contributed by atoms with E-state index in [1.165, 1.54) is 5.01 Å². The molecule has 1 aliphatic heterocycles. The minimum atomic E-state index is -5.11. The van der Waals surface area contributed by atoms with E-state index in [2.05, 4.69) is 0 Å². The smallest absolute Gasteiger partial charge is 0.379 e. The summed E-state index contributed by atoms with van der Waals surface area (Å²) in [5, 5.41) is 2.85. The van der Waals surface area contributed by atoms with Gasteiger partial charge in [-0.2, -0.15) is 0 Å². The molecule has 0 unspecified atom stereocenters. The normalized spacial score (nSPS) is 22.0. The van der Waals surface area contributed by atoms with Gasteiger partial charge in [-0.15, -0.1) is 13.6 Å². The minimum absolute atomic E-state index is 0.345. The maximum Gasteiger partial charge on any atom is 0.493 e. The average Bonchev–Trinajstić information content (AvgIpc) is 1.85. The molecule has 7 heteroatoms. The van der Waals surface area contributed by atoms with E-state index in [9.17, 15) is 13.0 Å². The van der Waals surface area contributed by atoms with Gasteiger partial charge in [-0.1, -0.05) is 0 Å². The molecule has 0 aromatic rings. The molecule has 11 heavy (non-hydrogen) atoms. The van der Waals surface area contributed by atoms with Crippen molar-refractivity contribution in [3.05, 3.63) is 0 Å². The van der Waals surface area contributed by atoms with Crippen LogP contribution in [0.4, 0.5) is 8.39 Å². The molecule has 0 bridgehead atoms. The number of hydrazine groups is 1. The van der Waals surface area contributed by atoms with Crippen LogP contribution >= 0.6 is 7.91 Å². The van der Waals surface area contributed by atoms with E-state index in [1.54, 1.807) is 5.20 Å². The van der Waals surface area contributed by atoms with E-state index in [-0.39, 0.29) is 0 Å². The zero-order chi connectivity index (χ0) is 8.32. The molecule has 0 amide bonds. The Bertz CT molecular complexity index is 167. The lowest BCUT2D eigenvalue weighted by Gasteiger charge is -2.25. The van der Waals surface area contributed by atoms with E-state index in [1.807, 2.05) is 0 Å². The molecule has 4 nitrogen and oxygen atoms in total. The molecule has 1 aliphatic rings. The average molecular weight is 186 g/mol. The van der Waals surface area contributed by atoms with E-state index in [0.717, 1.165) is 0 Å². The molecule has 1 N–H and O–H groups in total. The first-order valence-electron chi connectivity index (χ1n) is 3.18. The second kappa shape index (κ2) is 3.58. The summed E-state index contributed by atoms with van der Waals surface area (Å²) in [6.45, 7) is 1.48. The highest BCUT2D eigenvalue weighted by Gasteiger charge is 2.23. The Morgan fingerprint density at radius 2 is 1.91 bits per heavy atom. The highest BCUT2D eigenvalue weighted by molar-refractivity contribution is 7.50. The number of halogens is 2. The van der Waals surface area contributed by atoms with Crippen LogP contribution in [0.2, 0.25) is 0 Å². The lowest BCUT2D eigenvalue weighted by atomic mass is 10.5. The van der Waals surface area contributed by atoms with Crippen LogP contribution in [0.1, 0.15) is 0 Å². The van der Waals surface area contributed by atoms with Crippen molar-refractivity contribution in [2.75, 3.05) is 26.3 Å². The molecule has 66 valence electrons. The van der Waals surface area contributed by atoms with E-state index >= 15 is 0 Å². The zero-order valence-corrected chi connectivity index (χ0v) is 6.69. The first-order valence-corrected chi connectivity index (χ1v) is 4.67. The van der Waals surface area contributed by atoms with Crippen molar-refractivity contribution < 1.29 is 17.7 Å². The van der Waals surface area contributed by atoms with E-state index in [0.29, 0.717) is 26.3 Å². The first kappa shape index (κ1) is 9.06. The van der Waals surface area contributed by atoms with Gasteiger partial charge in [0.1, 0.15) is 0 Å². The Hall–Kier alpha value is -0.0300. The van der Waals surface area contributed by atoms with Gasteiger partial charge < -0.3 is 4.74 Å². The molecule has 0 aromatic heterocycles. The van der Waals surface area contributed by atoms with Gasteiger partial charge in [-0.05, 0) is 0 Å². The molecule has 0 spiro atoms. The number of hydrogen-bond donors (Lipinski definition) is 1. The standard InChI is InChI=1S/C4H9F2N2O2P/c5-11(6,9)7-8-1-3-10-4-2-8/h1-4H2,(H,7,9). The number of nitrogens with one attached hydrogen (secondary N) is 1. The summed E-state index contributed by atoms with van der Waals surface area (Å²) >= 11 is 0. The molecule has 0 saturated carbocycles. The van der Waals surface area contributed by atoms with Crippen LogP contribution in [0.15, 0.2) is 0 Å². The fraction of sp³-hybridized carbons (Fsp3) is 1.00. The lowest BCUT2D eigenvalue weighted by molar-refractivity contribution is 0.0247. The number of ether oxygens (including phenoxy) is 1. The molecule has 1 fully saturated rings. The van der Waals surface area contributed by atoms with E-state index in [4.69, 9.17) is 4.74 Å². The third kappa shape index (κ3) is 3.76. The van der Waals surface area contributed by atoms with Crippen molar-refractivity contribution in [2.45, 2.75) is 0 Å². The Balaban J connectivity index is 2.30. The van der Waals surface area contributed by atoms with Crippen LogP contribution in [0, 0.1) is 0 Å². The maximum absolute atomic E-state index is 11.9. The predicted octanol–water partition coefficient (Wildman–Crippen LogP) is 0.870. The summed E-state index contributed by atoms with van der Waals surface area (Å²) in [5.74, 6) is 0. The third-order valence-electron chi connectivity index (χ3n) is 1.27. The van der Waals surface area contributed by atoms with Crippen molar-refractivity contribution in [1.29, 1.82) is 0 Å².